The van der Waals surface area contributed by atoms with Gasteiger partial charge in [-0.3, -0.25) is 14.5 Å². The Morgan fingerprint density at radius 1 is 1.36 bits per heavy atom. The molecular weight excluding hydrogens is 336 g/mol. The molecule has 2 amide bonds. The smallest absolute Gasteiger partial charge is 0.229 e. The number of nitrogens with one attached hydrogen (secondary N) is 1. The summed E-state index contributed by atoms with van der Waals surface area (Å²) in [5.74, 6) is -0.515. The highest BCUT2D eigenvalue weighted by Crippen LogP contribution is 2.28. The van der Waals surface area contributed by atoms with E-state index in [2.05, 4.69) is 15.5 Å². The molecule has 2 aromatic rings. The Morgan fingerprint density at radius 3 is 2.88 bits per heavy atom. The molecule has 1 aromatic heterocycles. The van der Waals surface area contributed by atoms with Crippen LogP contribution >= 0.6 is 11.3 Å². The van der Waals surface area contributed by atoms with Crippen LogP contribution in [0.4, 0.5) is 5.13 Å². The molecule has 1 aliphatic heterocycles. The van der Waals surface area contributed by atoms with Gasteiger partial charge < -0.3 is 5.32 Å². The van der Waals surface area contributed by atoms with E-state index in [9.17, 15) is 9.59 Å². The highest BCUT2D eigenvalue weighted by molar-refractivity contribution is 7.15. The number of aryl methyl sites for hydroxylation is 1. The largest absolute Gasteiger partial charge is 0.352 e. The highest BCUT2D eigenvalue weighted by Gasteiger charge is 2.36. The third-order valence-corrected chi connectivity index (χ3v) is 5.08. The minimum Gasteiger partial charge on any atom is -0.352 e. The molecule has 1 aromatic carbocycles. The molecule has 0 radical (unpaired) electrons. The Balaban J connectivity index is 1.51. The number of carbonyl (C=O) groups excluding carboxylic acids is 2. The summed E-state index contributed by atoms with van der Waals surface area (Å²) in [6.45, 7) is 2.80. The van der Waals surface area contributed by atoms with Crippen LogP contribution in [0.3, 0.4) is 0 Å². The molecule has 1 unspecified atom stereocenters. The molecule has 3 rings (SSSR count). The van der Waals surface area contributed by atoms with Gasteiger partial charge in [0.2, 0.25) is 16.9 Å². The first-order valence-corrected chi connectivity index (χ1v) is 9.11. The summed E-state index contributed by atoms with van der Waals surface area (Å²) < 4.78 is 0. The van der Waals surface area contributed by atoms with Crippen molar-refractivity contribution in [1.29, 1.82) is 0 Å². The zero-order valence-corrected chi connectivity index (χ0v) is 14.8. The Labute approximate surface area is 150 Å². The number of nitrogens with zero attached hydrogens (tertiary/aromatic N) is 3. The number of anilines is 1. The van der Waals surface area contributed by atoms with Crippen molar-refractivity contribution in [1.82, 2.24) is 15.5 Å². The summed E-state index contributed by atoms with van der Waals surface area (Å²) in [4.78, 5) is 26.0. The number of benzene rings is 1. The van der Waals surface area contributed by atoms with Crippen molar-refractivity contribution in [2.75, 3.05) is 18.0 Å². The second-order valence-corrected chi connectivity index (χ2v) is 6.84. The molecule has 7 heteroatoms. The number of hydrogen-bond acceptors (Lipinski definition) is 5. The topological polar surface area (TPSA) is 75.2 Å². The van der Waals surface area contributed by atoms with Crippen molar-refractivity contribution in [2.45, 2.75) is 19.8 Å². The van der Waals surface area contributed by atoms with Crippen LogP contribution < -0.4 is 10.2 Å². The first kappa shape index (κ1) is 17.3. The van der Waals surface area contributed by atoms with Gasteiger partial charge in [0.1, 0.15) is 5.01 Å². The normalized spacial score (nSPS) is 17.4. The van der Waals surface area contributed by atoms with Crippen molar-refractivity contribution in [3.63, 3.8) is 0 Å². The van der Waals surface area contributed by atoms with E-state index in [0.717, 1.165) is 17.0 Å². The van der Waals surface area contributed by atoms with Crippen molar-refractivity contribution >= 4 is 34.4 Å². The summed E-state index contributed by atoms with van der Waals surface area (Å²) in [6, 6.07) is 9.89. The SMILES string of the molecule is CCc1nnc(N2CC(C(=O)NC/C=C/c3ccccc3)CC2=O)s1. The van der Waals surface area contributed by atoms with Crippen LogP contribution in [0.5, 0.6) is 0 Å². The predicted molar refractivity (Wildman–Crippen MR) is 98.2 cm³/mol. The van der Waals surface area contributed by atoms with Crippen LogP contribution in [0.25, 0.3) is 6.08 Å². The lowest BCUT2D eigenvalue weighted by molar-refractivity contribution is -0.126. The van der Waals surface area contributed by atoms with E-state index in [1.807, 2.05) is 49.4 Å². The molecular formula is C18H20N4O2S. The zero-order valence-electron chi connectivity index (χ0n) is 14.0. The first-order valence-electron chi connectivity index (χ1n) is 8.29. The quantitative estimate of drug-likeness (QED) is 0.862. The fourth-order valence-corrected chi connectivity index (χ4v) is 3.43. The molecule has 0 aliphatic carbocycles. The van der Waals surface area contributed by atoms with E-state index in [1.54, 1.807) is 4.90 Å². The molecule has 1 atom stereocenters. The average Bonchev–Trinajstić information content (AvgIpc) is 3.25. The average molecular weight is 356 g/mol. The van der Waals surface area contributed by atoms with Crippen LogP contribution in [0.15, 0.2) is 36.4 Å². The lowest BCUT2D eigenvalue weighted by atomic mass is 10.1. The molecule has 0 bridgehead atoms. The molecule has 0 saturated carbocycles. The van der Waals surface area contributed by atoms with E-state index in [1.165, 1.54) is 11.3 Å². The minimum absolute atomic E-state index is 0.0706. The third kappa shape index (κ3) is 4.30. The Bertz CT molecular complexity index is 772. The van der Waals surface area contributed by atoms with E-state index in [-0.39, 0.29) is 24.2 Å². The van der Waals surface area contributed by atoms with E-state index >= 15 is 0 Å². The molecule has 2 heterocycles. The van der Waals surface area contributed by atoms with E-state index in [4.69, 9.17) is 0 Å². The van der Waals surface area contributed by atoms with Gasteiger partial charge in [-0.05, 0) is 12.0 Å². The van der Waals surface area contributed by atoms with Crippen LogP contribution in [0.1, 0.15) is 23.9 Å². The fraction of sp³-hybridized carbons (Fsp3) is 0.333. The number of amides is 2. The van der Waals surface area contributed by atoms with Gasteiger partial charge in [-0.2, -0.15) is 0 Å². The van der Waals surface area contributed by atoms with Crippen molar-refractivity contribution in [3.05, 3.63) is 47.0 Å². The number of carbonyl (C=O) groups is 2. The van der Waals surface area contributed by atoms with Gasteiger partial charge in [0.15, 0.2) is 0 Å². The van der Waals surface area contributed by atoms with Crippen LogP contribution in [0, 0.1) is 5.92 Å². The van der Waals surface area contributed by atoms with Crippen molar-refractivity contribution in [3.8, 4) is 0 Å². The second-order valence-electron chi connectivity index (χ2n) is 5.80. The maximum absolute atomic E-state index is 12.3. The van der Waals surface area contributed by atoms with Gasteiger partial charge in [-0.1, -0.05) is 60.7 Å². The van der Waals surface area contributed by atoms with Crippen LogP contribution in [-0.2, 0) is 16.0 Å². The van der Waals surface area contributed by atoms with Gasteiger partial charge in [0.25, 0.3) is 0 Å². The number of aromatic nitrogens is 2. The lowest BCUT2D eigenvalue weighted by Gasteiger charge is -2.12. The van der Waals surface area contributed by atoms with Crippen molar-refractivity contribution < 1.29 is 9.59 Å². The summed E-state index contributed by atoms with van der Waals surface area (Å²) in [7, 11) is 0. The summed E-state index contributed by atoms with van der Waals surface area (Å²) in [5, 5.41) is 12.4. The van der Waals surface area contributed by atoms with Crippen LogP contribution in [-0.4, -0.2) is 35.1 Å². The lowest BCUT2D eigenvalue weighted by Crippen LogP contribution is -2.33. The summed E-state index contributed by atoms with van der Waals surface area (Å²) in [5.41, 5.74) is 1.09. The Kier molecular flexibility index (Phi) is 5.55. The molecule has 1 saturated heterocycles. The van der Waals surface area contributed by atoms with E-state index in [0.29, 0.717) is 18.2 Å². The Hall–Kier alpha value is -2.54. The van der Waals surface area contributed by atoms with Crippen LogP contribution in [0.2, 0.25) is 0 Å². The first-order chi connectivity index (χ1) is 12.2. The van der Waals surface area contributed by atoms with E-state index < -0.39 is 0 Å². The van der Waals surface area contributed by atoms with Gasteiger partial charge in [-0.25, -0.2) is 0 Å². The van der Waals surface area contributed by atoms with Gasteiger partial charge >= 0.3 is 0 Å². The second kappa shape index (κ2) is 8.02. The van der Waals surface area contributed by atoms with Gasteiger partial charge in [-0.15, -0.1) is 10.2 Å². The molecule has 1 aliphatic rings. The maximum Gasteiger partial charge on any atom is 0.229 e. The summed E-state index contributed by atoms with van der Waals surface area (Å²) in [6.07, 6.45) is 4.87. The number of hydrogen-bond donors (Lipinski definition) is 1. The third-order valence-electron chi connectivity index (χ3n) is 3.99. The molecule has 1 fully saturated rings. The molecule has 0 spiro atoms. The highest BCUT2D eigenvalue weighted by atomic mass is 32.1. The number of rotatable bonds is 6. The van der Waals surface area contributed by atoms with Gasteiger partial charge in [0, 0.05) is 19.5 Å². The predicted octanol–water partition coefficient (Wildman–Crippen LogP) is 2.28. The standard InChI is InChI=1S/C18H20N4O2S/c1-2-15-20-21-18(25-15)22-12-14(11-16(22)23)17(24)19-10-6-9-13-7-4-3-5-8-13/h3-9,14H,2,10-12H2,1H3,(H,19,24)/b9-6+. The fourth-order valence-electron chi connectivity index (χ4n) is 2.63. The molecule has 1 N–H and O–H groups in total. The molecule has 25 heavy (non-hydrogen) atoms. The summed E-state index contributed by atoms with van der Waals surface area (Å²) >= 11 is 1.41. The monoisotopic (exact) mass is 356 g/mol. The van der Waals surface area contributed by atoms with Crippen molar-refractivity contribution in [2.24, 2.45) is 5.92 Å². The molecule has 130 valence electrons. The maximum atomic E-state index is 12.3. The molecule has 6 nitrogen and oxygen atoms in total. The zero-order chi connectivity index (χ0) is 17.6. The minimum atomic E-state index is -0.341. The van der Waals surface area contributed by atoms with Gasteiger partial charge in [0.05, 0.1) is 5.92 Å². The Morgan fingerprint density at radius 2 is 2.16 bits per heavy atom.